The number of carbonyl (C=O) groups is 1. The number of hydrogen-bond donors (Lipinski definition) is 0. The number of benzene rings is 1. The Labute approximate surface area is 157 Å². The van der Waals surface area contributed by atoms with Crippen molar-refractivity contribution in [2.45, 2.75) is 32.1 Å². The van der Waals surface area contributed by atoms with Crippen LogP contribution in [0, 0.1) is 11.7 Å². The highest BCUT2D eigenvalue weighted by Crippen LogP contribution is 2.37. The number of amides is 1. The van der Waals surface area contributed by atoms with Crippen LogP contribution in [0.4, 0.5) is 4.39 Å². The van der Waals surface area contributed by atoms with Gasteiger partial charge in [-0.2, -0.15) is 5.10 Å². The van der Waals surface area contributed by atoms with Gasteiger partial charge in [-0.15, -0.1) is 0 Å². The summed E-state index contributed by atoms with van der Waals surface area (Å²) in [5, 5.41) is 4.32. The zero-order chi connectivity index (χ0) is 18.3. The smallest absolute Gasteiger partial charge is 0.261 e. The van der Waals surface area contributed by atoms with Gasteiger partial charge in [0, 0.05) is 24.9 Å². The van der Waals surface area contributed by atoms with Crippen molar-refractivity contribution in [3.05, 3.63) is 52.6 Å². The molecule has 6 heteroatoms. The summed E-state index contributed by atoms with van der Waals surface area (Å²) >= 11 is 5.95. The van der Waals surface area contributed by atoms with Crippen molar-refractivity contribution in [3.8, 4) is 11.3 Å². The molecule has 1 saturated heterocycles. The molecule has 1 fully saturated rings. The highest BCUT2D eigenvalue weighted by molar-refractivity contribution is 6.31. The molecule has 4 nitrogen and oxygen atoms in total. The van der Waals surface area contributed by atoms with Gasteiger partial charge in [-0.05, 0) is 56.2 Å². The number of rotatable bonds is 2. The minimum atomic E-state index is -0.475. The summed E-state index contributed by atoms with van der Waals surface area (Å²) in [4.78, 5) is 15.3. The van der Waals surface area contributed by atoms with E-state index in [0.717, 1.165) is 32.2 Å². The molecule has 2 heterocycles. The molecule has 1 aromatic heterocycles. The van der Waals surface area contributed by atoms with E-state index in [9.17, 15) is 9.18 Å². The first kappa shape index (κ1) is 17.3. The number of halogens is 2. The van der Waals surface area contributed by atoms with Crippen molar-refractivity contribution >= 4 is 17.5 Å². The minimum Gasteiger partial charge on any atom is -0.312 e. The Morgan fingerprint density at radius 2 is 2.12 bits per heavy atom. The van der Waals surface area contributed by atoms with Crippen LogP contribution in [0.1, 0.15) is 42.5 Å². The van der Waals surface area contributed by atoms with E-state index < -0.39 is 5.82 Å². The topological polar surface area (TPSA) is 38.1 Å². The van der Waals surface area contributed by atoms with Gasteiger partial charge in [0.05, 0.1) is 22.5 Å². The molecular weight excluding hydrogens is 353 g/mol. The lowest BCUT2D eigenvalue weighted by molar-refractivity contribution is 0.0749. The van der Waals surface area contributed by atoms with Crippen molar-refractivity contribution in [2.24, 2.45) is 13.0 Å². The van der Waals surface area contributed by atoms with Gasteiger partial charge in [0.15, 0.2) is 0 Å². The van der Waals surface area contributed by atoms with Crippen LogP contribution < -0.4 is 0 Å². The molecule has 0 radical (unpaired) electrons. The highest BCUT2D eigenvalue weighted by atomic mass is 35.5. The maximum Gasteiger partial charge on any atom is 0.261 e. The fraction of sp³-hybridized carbons (Fsp3) is 0.400. The lowest BCUT2D eigenvalue weighted by atomic mass is 9.84. The number of likely N-dealkylation sites (tertiary alicyclic amines) is 1. The fourth-order valence-corrected chi connectivity index (χ4v) is 4.30. The molecule has 26 heavy (non-hydrogen) atoms. The first-order valence-corrected chi connectivity index (χ1v) is 9.43. The van der Waals surface area contributed by atoms with Gasteiger partial charge in [0.2, 0.25) is 0 Å². The summed E-state index contributed by atoms with van der Waals surface area (Å²) in [5.74, 6) is -0.0232. The maximum absolute atomic E-state index is 13.5. The lowest BCUT2D eigenvalue weighted by Gasteiger charge is -2.38. The largest absolute Gasteiger partial charge is 0.312 e. The van der Waals surface area contributed by atoms with Crippen LogP contribution >= 0.6 is 11.6 Å². The van der Waals surface area contributed by atoms with Crippen molar-refractivity contribution in [2.75, 3.05) is 6.54 Å². The number of piperidine rings is 1. The number of aryl methyl sites for hydroxylation is 1. The molecule has 0 saturated carbocycles. The van der Waals surface area contributed by atoms with E-state index in [4.69, 9.17) is 11.6 Å². The summed E-state index contributed by atoms with van der Waals surface area (Å²) in [6.45, 7) is 0.736. The van der Waals surface area contributed by atoms with Crippen LogP contribution in [-0.4, -0.2) is 27.1 Å². The third-order valence-corrected chi connectivity index (χ3v) is 5.67. The van der Waals surface area contributed by atoms with Gasteiger partial charge in [-0.3, -0.25) is 9.48 Å². The molecule has 2 aromatic rings. The Hall–Kier alpha value is -2.14. The van der Waals surface area contributed by atoms with E-state index in [1.54, 1.807) is 30.1 Å². The van der Waals surface area contributed by atoms with Crippen LogP contribution in [0.25, 0.3) is 11.3 Å². The summed E-state index contributed by atoms with van der Waals surface area (Å²) in [5.41, 5.74) is 3.04. The van der Waals surface area contributed by atoms with Crippen molar-refractivity contribution in [1.82, 2.24) is 14.7 Å². The molecule has 1 amide bonds. The fourth-order valence-electron chi connectivity index (χ4n) is 4.12. The predicted octanol–water partition coefficient (Wildman–Crippen LogP) is 4.80. The van der Waals surface area contributed by atoms with Gasteiger partial charge in [-0.1, -0.05) is 17.7 Å². The van der Waals surface area contributed by atoms with E-state index in [1.807, 2.05) is 4.90 Å². The maximum atomic E-state index is 13.5. The molecule has 136 valence electrons. The molecule has 1 aliphatic carbocycles. The van der Waals surface area contributed by atoms with Crippen molar-refractivity contribution in [3.63, 3.8) is 0 Å². The van der Waals surface area contributed by atoms with E-state index >= 15 is 0 Å². The van der Waals surface area contributed by atoms with Gasteiger partial charge in [0.1, 0.15) is 5.82 Å². The second kappa shape index (κ2) is 6.88. The number of nitrogens with zero attached hydrogens (tertiary/aromatic N) is 3. The van der Waals surface area contributed by atoms with Crippen molar-refractivity contribution < 1.29 is 9.18 Å². The van der Waals surface area contributed by atoms with Gasteiger partial charge in [0.25, 0.3) is 5.91 Å². The monoisotopic (exact) mass is 373 g/mol. The van der Waals surface area contributed by atoms with Gasteiger partial charge in [-0.25, -0.2) is 4.39 Å². The standard InChI is InChI=1S/C20H21ClFN3O/c1-24-19(14-8-9-17(22)16(21)11-14)15(12-23-24)20(26)25-10-4-6-13-5-2-3-7-18(13)25/h7-9,11-13H,2-6,10H2,1H3. The Bertz CT molecular complexity index is 889. The number of allylic oxidation sites excluding steroid dienone is 2. The second-order valence-electron chi connectivity index (χ2n) is 7.02. The minimum absolute atomic E-state index is 0.0357. The second-order valence-corrected chi connectivity index (χ2v) is 7.42. The molecule has 4 rings (SSSR count). The Morgan fingerprint density at radius 3 is 2.92 bits per heavy atom. The number of fused-ring (bicyclic) bond motifs is 1. The molecule has 0 spiro atoms. The van der Waals surface area contributed by atoms with Crippen LogP contribution in [0.15, 0.2) is 36.2 Å². The zero-order valence-electron chi connectivity index (χ0n) is 14.7. The first-order valence-electron chi connectivity index (χ1n) is 9.05. The summed E-state index contributed by atoms with van der Waals surface area (Å²) < 4.78 is 15.2. The van der Waals surface area contributed by atoms with Crippen LogP contribution in [0.5, 0.6) is 0 Å². The van der Waals surface area contributed by atoms with Crippen LogP contribution in [0.3, 0.4) is 0 Å². The third-order valence-electron chi connectivity index (χ3n) is 5.38. The average Bonchev–Trinajstić information content (AvgIpc) is 3.04. The number of carbonyl (C=O) groups excluding carboxylic acids is 1. The average molecular weight is 374 g/mol. The normalized spacial score (nSPS) is 19.9. The van der Waals surface area contributed by atoms with Crippen LogP contribution in [0.2, 0.25) is 5.02 Å². The molecule has 0 N–H and O–H groups in total. The molecule has 1 unspecified atom stereocenters. The molecule has 1 aromatic carbocycles. The molecule has 1 atom stereocenters. The van der Waals surface area contributed by atoms with E-state index in [0.29, 0.717) is 22.7 Å². The third kappa shape index (κ3) is 2.94. The quantitative estimate of drug-likeness (QED) is 0.758. The lowest BCUT2D eigenvalue weighted by Crippen LogP contribution is -2.39. The first-order chi connectivity index (χ1) is 12.6. The van der Waals surface area contributed by atoms with Crippen molar-refractivity contribution in [1.29, 1.82) is 0 Å². The predicted molar refractivity (Wildman–Crippen MR) is 99.3 cm³/mol. The van der Waals surface area contributed by atoms with E-state index in [-0.39, 0.29) is 10.9 Å². The summed E-state index contributed by atoms with van der Waals surface area (Å²) in [6.07, 6.45) is 9.38. The van der Waals surface area contributed by atoms with E-state index in [1.165, 1.54) is 18.2 Å². The van der Waals surface area contributed by atoms with Crippen LogP contribution in [-0.2, 0) is 7.05 Å². The molecular formula is C20H21ClFN3O. The highest BCUT2D eigenvalue weighted by Gasteiger charge is 2.32. The van der Waals surface area contributed by atoms with E-state index in [2.05, 4.69) is 11.2 Å². The summed E-state index contributed by atoms with van der Waals surface area (Å²) in [6, 6.07) is 4.50. The molecule has 2 aliphatic rings. The Balaban J connectivity index is 1.73. The Kier molecular flexibility index (Phi) is 4.57. The summed E-state index contributed by atoms with van der Waals surface area (Å²) in [7, 11) is 1.78. The van der Waals surface area contributed by atoms with Gasteiger partial charge >= 0.3 is 0 Å². The SMILES string of the molecule is Cn1ncc(C(=O)N2CCCC3CCCC=C32)c1-c1ccc(F)c(Cl)c1. The molecule has 1 aliphatic heterocycles. The Morgan fingerprint density at radius 1 is 1.31 bits per heavy atom. The van der Waals surface area contributed by atoms with Gasteiger partial charge < -0.3 is 4.90 Å². The molecule has 0 bridgehead atoms. The number of hydrogen-bond acceptors (Lipinski definition) is 2. The zero-order valence-corrected chi connectivity index (χ0v) is 15.5. The number of aromatic nitrogens is 2.